The van der Waals surface area contributed by atoms with E-state index < -0.39 is 0 Å². The van der Waals surface area contributed by atoms with Crippen LogP contribution in [0.4, 0.5) is 5.69 Å². The minimum absolute atomic E-state index is 0.0390. The molecule has 1 aromatic heterocycles. The first-order valence-corrected chi connectivity index (χ1v) is 10.3. The third-order valence-corrected chi connectivity index (χ3v) is 5.16. The minimum atomic E-state index is -0.207. The van der Waals surface area contributed by atoms with Gasteiger partial charge in [0.15, 0.2) is 12.4 Å². The number of ether oxygens (including phenoxy) is 1. The average molecular weight is 417 g/mol. The molecule has 1 N–H and O–H groups in total. The second kappa shape index (κ2) is 9.71. The van der Waals surface area contributed by atoms with Crippen LogP contribution in [0.15, 0.2) is 89.8 Å². The van der Waals surface area contributed by atoms with Gasteiger partial charge in [-0.1, -0.05) is 36.4 Å². The molecule has 30 heavy (non-hydrogen) atoms. The van der Waals surface area contributed by atoms with Crippen LogP contribution in [0.1, 0.15) is 5.82 Å². The number of tetrazole rings is 1. The zero-order chi connectivity index (χ0) is 20.6. The molecule has 0 aliphatic rings. The van der Waals surface area contributed by atoms with Crippen LogP contribution in [0.25, 0.3) is 5.69 Å². The molecule has 0 radical (unpaired) electrons. The molecule has 0 unspecified atom stereocenters. The van der Waals surface area contributed by atoms with Gasteiger partial charge in [0.1, 0.15) is 5.75 Å². The first-order chi connectivity index (χ1) is 14.8. The molecule has 1 amide bonds. The normalized spacial score (nSPS) is 10.5. The number of aromatic nitrogens is 4. The van der Waals surface area contributed by atoms with Crippen molar-refractivity contribution in [3.8, 4) is 11.4 Å². The van der Waals surface area contributed by atoms with Crippen LogP contribution < -0.4 is 10.1 Å². The Bertz CT molecular complexity index is 1090. The highest BCUT2D eigenvalue weighted by molar-refractivity contribution is 7.98. The van der Waals surface area contributed by atoms with Crippen LogP contribution >= 0.6 is 11.8 Å². The molecule has 0 saturated heterocycles. The summed E-state index contributed by atoms with van der Waals surface area (Å²) < 4.78 is 7.18. The van der Waals surface area contributed by atoms with Gasteiger partial charge < -0.3 is 10.1 Å². The van der Waals surface area contributed by atoms with E-state index in [-0.39, 0.29) is 12.5 Å². The molecule has 0 atom stereocenters. The van der Waals surface area contributed by atoms with Crippen LogP contribution in [0.2, 0.25) is 0 Å². The summed E-state index contributed by atoms with van der Waals surface area (Å²) >= 11 is 1.62. The Hall–Kier alpha value is -3.65. The lowest BCUT2D eigenvalue weighted by Crippen LogP contribution is -2.20. The summed E-state index contributed by atoms with van der Waals surface area (Å²) in [6.45, 7) is -0.0390. The van der Waals surface area contributed by atoms with Crippen molar-refractivity contribution in [3.05, 3.63) is 90.8 Å². The van der Waals surface area contributed by atoms with Crippen LogP contribution in [-0.2, 0) is 10.5 Å². The van der Waals surface area contributed by atoms with Crippen molar-refractivity contribution in [2.75, 3.05) is 11.9 Å². The van der Waals surface area contributed by atoms with E-state index in [1.165, 1.54) is 0 Å². The molecule has 7 nitrogen and oxygen atoms in total. The number of carbonyl (C=O) groups is 1. The third kappa shape index (κ3) is 5.24. The van der Waals surface area contributed by atoms with E-state index in [0.29, 0.717) is 11.5 Å². The van der Waals surface area contributed by atoms with E-state index in [4.69, 9.17) is 4.74 Å². The average Bonchev–Trinajstić information content (AvgIpc) is 3.27. The first kappa shape index (κ1) is 19.7. The maximum Gasteiger partial charge on any atom is 0.262 e. The number of hydrogen-bond donors (Lipinski definition) is 1. The standard InChI is InChI=1S/C22H19N5O2S/c28-22(15-29-19-9-5-2-6-10-19)23-17-11-13-20(14-12-17)30-16-21-24-25-26-27(21)18-7-3-1-4-8-18/h1-14H,15-16H2,(H,23,28). The molecule has 3 aromatic carbocycles. The second-order valence-corrected chi connectivity index (χ2v) is 7.35. The van der Waals surface area contributed by atoms with Gasteiger partial charge in [-0.3, -0.25) is 4.79 Å². The summed E-state index contributed by atoms with van der Waals surface area (Å²) in [5.41, 5.74) is 1.64. The van der Waals surface area contributed by atoms with Gasteiger partial charge in [0.2, 0.25) is 0 Å². The fourth-order valence-electron chi connectivity index (χ4n) is 2.71. The minimum Gasteiger partial charge on any atom is -0.484 e. The number of carbonyl (C=O) groups excluding carboxylic acids is 1. The number of thioether (sulfide) groups is 1. The summed E-state index contributed by atoms with van der Waals surface area (Å²) in [5, 5.41) is 14.8. The second-order valence-electron chi connectivity index (χ2n) is 6.31. The molecular weight excluding hydrogens is 398 g/mol. The summed E-state index contributed by atoms with van der Waals surface area (Å²) in [5.74, 6) is 1.85. The van der Waals surface area contributed by atoms with E-state index in [9.17, 15) is 4.79 Å². The van der Waals surface area contributed by atoms with E-state index >= 15 is 0 Å². The first-order valence-electron chi connectivity index (χ1n) is 9.31. The Morgan fingerprint density at radius 2 is 1.63 bits per heavy atom. The van der Waals surface area contributed by atoms with Gasteiger partial charge in [-0.05, 0) is 59.0 Å². The van der Waals surface area contributed by atoms with Gasteiger partial charge in [0.05, 0.1) is 11.4 Å². The Kier molecular flexibility index (Phi) is 6.36. The molecule has 0 saturated carbocycles. The number of rotatable bonds is 8. The van der Waals surface area contributed by atoms with Crippen molar-refractivity contribution < 1.29 is 9.53 Å². The van der Waals surface area contributed by atoms with E-state index in [2.05, 4.69) is 20.8 Å². The maximum atomic E-state index is 12.1. The van der Waals surface area contributed by atoms with Gasteiger partial charge in [0.25, 0.3) is 5.91 Å². The topological polar surface area (TPSA) is 81.9 Å². The lowest BCUT2D eigenvalue weighted by atomic mass is 10.3. The van der Waals surface area contributed by atoms with E-state index in [1.807, 2.05) is 84.9 Å². The fraction of sp³-hybridized carbons (Fsp3) is 0.0909. The lowest BCUT2D eigenvalue weighted by molar-refractivity contribution is -0.118. The van der Waals surface area contributed by atoms with E-state index in [0.717, 1.165) is 22.1 Å². The monoisotopic (exact) mass is 417 g/mol. The van der Waals surface area contributed by atoms with Gasteiger partial charge in [-0.2, -0.15) is 4.68 Å². The fourth-order valence-corrected chi connectivity index (χ4v) is 3.51. The Balaban J connectivity index is 1.29. The Labute approximate surface area is 178 Å². The molecule has 4 rings (SSSR count). The Morgan fingerprint density at radius 3 is 2.37 bits per heavy atom. The predicted octanol–water partition coefficient (Wildman–Crippen LogP) is 3.97. The summed E-state index contributed by atoms with van der Waals surface area (Å²) in [6, 6.07) is 26.7. The van der Waals surface area contributed by atoms with Gasteiger partial charge >= 0.3 is 0 Å². The third-order valence-electron chi connectivity index (χ3n) is 4.15. The molecule has 0 fully saturated rings. The highest BCUT2D eigenvalue weighted by Crippen LogP contribution is 2.24. The molecule has 1 heterocycles. The number of nitrogens with one attached hydrogen (secondary N) is 1. The SMILES string of the molecule is O=C(COc1ccccc1)Nc1ccc(SCc2nnnn2-c2ccccc2)cc1. The highest BCUT2D eigenvalue weighted by atomic mass is 32.2. The summed E-state index contributed by atoms with van der Waals surface area (Å²) in [4.78, 5) is 13.1. The Morgan fingerprint density at radius 1 is 0.933 bits per heavy atom. The van der Waals surface area contributed by atoms with Gasteiger partial charge in [-0.15, -0.1) is 16.9 Å². The van der Waals surface area contributed by atoms with Crippen molar-refractivity contribution in [2.24, 2.45) is 0 Å². The molecule has 0 bridgehead atoms. The lowest BCUT2D eigenvalue weighted by Gasteiger charge is -2.08. The zero-order valence-electron chi connectivity index (χ0n) is 16.0. The molecule has 8 heteroatoms. The van der Waals surface area contributed by atoms with Crippen molar-refractivity contribution in [3.63, 3.8) is 0 Å². The summed E-state index contributed by atoms with van der Waals surface area (Å²) in [7, 11) is 0. The van der Waals surface area contributed by atoms with Crippen LogP contribution in [-0.4, -0.2) is 32.7 Å². The van der Waals surface area contributed by atoms with Gasteiger partial charge in [-0.25, -0.2) is 0 Å². The van der Waals surface area contributed by atoms with Crippen molar-refractivity contribution in [1.29, 1.82) is 0 Å². The molecule has 0 spiro atoms. The quantitative estimate of drug-likeness (QED) is 0.437. The van der Waals surface area contributed by atoms with Crippen molar-refractivity contribution >= 4 is 23.4 Å². The molecule has 0 aliphatic heterocycles. The number of anilines is 1. The predicted molar refractivity (Wildman–Crippen MR) is 116 cm³/mol. The maximum absolute atomic E-state index is 12.1. The molecule has 150 valence electrons. The summed E-state index contributed by atoms with van der Waals surface area (Å²) in [6.07, 6.45) is 0. The molecule has 0 aliphatic carbocycles. The molecule has 4 aromatic rings. The smallest absolute Gasteiger partial charge is 0.262 e. The van der Waals surface area contributed by atoms with Crippen LogP contribution in [0.5, 0.6) is 5.75 Å². The molecular formula is C22H19N5O2S. The largest absolute Gasteiger partial charge is 0.484 e. The number of hydrogen-bond acceptors (Lipinski definition) is 6. The number of benzene rings is 3. The van der Waals surface area contributed by atoms with Gasteiger partial charge in [0, 0.05) is 10.6 Å². The zero-order valence-corrected chi connectivity index (χ0v) is 16.8. The van der Waals surface area contributed by atoms with Crippen molar-refractivity contribution in [1.82, 2.24) is 20.2 Å². The number of amides is 1. The van der Waals surface area contributed by atoms with Crippen LogP contribution in [0.3, 0.4) is 0 Å². The number of nitrogens with zero attached hydrogens (tertiary/aromatic N) is 4. The highest BCUT2D eigenvalue weighted by Gasteiger charge is 2.09. The van der Waals surface area contributed by atoms with E-state index in [1.54, 1.807) is 16.4 Å². The van der Waals surface area contributed by atoms with Crippen molar-refractivity contribution in [2.45, 2.75) is 10.6 Å². The van der Waals surface area contributed by atoms with Crippen LogP contribution in [0, 0.1) is 0 Å². The number of para-hydroxylation sites is 2.